The van der Waals surface area contributed by atoms with Crippen molar-refractivity contribution in [1.82, 2.24) is 15.1 Å². The van der Waals surface area contributed by atoms with E-state index in [1.165, 1.54) is 0 Å². The van der Waals surface area contributed by atoms with Crippen LogP contribution < -0.4 is 14.8 Å². The van der Waals surface area contributed by atoms with Crippen LogP contribution in [-0.4, -0.2) is 59.6 Å². The van der Waals surface area contributed by atoms with Gasteiger partial charge in [-0.25, -0.2) is 4.79 Å². The number of piperidine rings is 1. The number of nitrogens with zero attached hydrogens (tertiary/aromatic N) is 2. The minimum absolute atomic E-state index is 0.175. The van der Waals surface area contributed by atoms with Crippen molar-refractivity contribution in [1.29, 1.82) is 0 Å². The molecular weight excluding hydrogens is 350 g/mol. The van der Waals surface area contributed by atoms with Crippen LogP contribution in [-0.2, 0) is 16.0 Å². The SMILES string of the molecule is C[C@@]1(Cc2ccc3c(c2)OCO3)NC(=O)N(CC(=O)N2CCCCC2)C1=O. The minimum Gasteiger partial charge on any atom is -0.454 e. The van der Waals surface area contributed by atoms with Crippen molar-refractivity contribution in [2.45, 2.75) is 38.1 Å². The molecule has 4 rings (SSSR count). The molecule has 4 amide bonds. The van der Waals surface area contributed by atoms with Gasteiger partial charge in [0.2, 0.25) is 12.7 Å². The number of hydrogen-bond acceptors (Lipinski definition) is 5. The van der Waals surface area contributed by atoms with Crippen LogP contribution in [0.5, 0.6) is 11.5 Å². The Hall–Kier alpha value is -2.77. The molecular formula is C19H23N3O5. The second kappa shape index (κ2) is 6.75. The van der Waals surface area contributed by atoms with E-state index in [0.717, 1.165) is 29.7 Å². The number of imide groups is 1. The molecule has 0 aromatic heterocycles. The predicted octanol–water partition coefficient (Wildman–Crippen LogP) is 1.28. The highest BCUT2D eigenvalue weighted by Gasteiger charge is 2.48. The van der Waals surface area contributed by atoms with E-state index in [9.17, 15) is 14.4 Å². The van der Waals surface area contributed by atoms with Gasteiger partial charge in [-0.1, -0.05) is 6.07 Å². The maximum Gasteiger partial charge on any atom is 0.325 e. The average molecular weight is 373 g/mol. The molecule has 0 unspecified atom stereocenters. The lowest BCUT2D eigenvalue weighted by Gasteiger charge is -2.28. The molecule has 27 heavy (non-hydrogen) atoms. The van der Waals surface area contributed by atoms with Gasteiger partial charge in [0.05, 0.1) is 0 Å². The van der Waals surface area contributed by atoms with Crippen LogP contribution >= 0.6 is 0 Å². The Kier molecular flexibility index (Phi) is 4.41. The number of likely N-dealkylation sites (tertiary alicyclic amines) is 1. The molecule has 1 aromatic carbocycles. The van der Waals surface area contributed by atoms with Crippen LogP contribution in [0, 0.1) is 0 Å². The summed E-state index contributed by atoms with van der Waals surface area (Å²) < 4.78 is 10.7. The normalized spacial score (nSPS) is 24.3. The molecule has 8 heteroatoms. The van der Waals surface area contributed by atoms with Crippen LogP contribution in [0.1, 0.15) is 31.7 Å². The summed E-state index contributed by atoms with van der Waals surface area (Å²) >= 11 is 0. The molecule has 1 atom stereocenters. The highest BCUT2D eigenvalue weighted by Crippen LogP contribution is 2.34. The Morgan fingerprint density at radius 1 is 1.15 bits per heavy atom. The number of nitrogens with one attached hydrogen (secondary N) is 1. The van der Waals surface area contributed by atoms with E-state index in [1.807, 2.05) is 12.1 Å². The second-order valence-corrected chi connectivity index (χ2v) is 7.46. The van der Waals surface area contributed by atoms with Crippen molar-refractivity contribution < 1.29 is 23.9 Å². The highest BCUT2D eigenvalue weighted by molar-refractivity contribution is 6.08. The lowest BCUT2D eigenvalue weighted by Crippen LogP contribution is -2.47. The number of carbonyl (C=O) groups excluding carboxylic acids is 3. The van der Waals surface area contributed by atoms with E-state index in [-0.39, 0.29) is 25.2 Å². The fourth-order valence-corrected chi connectivity index (χ4v) is 3.85. The van der Waals surface area contributed by atoms with Crippen LogP contribution in [0.25, 0.3) is 0 Å². The third-order valence-corrected chi connectivity index (χ3v) is 5.34. The highest BCUT2D eigenvalue weighted by atomic mass is 16.7. The molecule has 1 aromatic rings. The lowest BCUT2D eigenvalue weighted by molar-refractivity contribution is -0.139. The first-order valence-electron chi connectivity index (χ1n) is 9.27. The van der Waals surface area contributed by atoms with Gasteiger partial charge in [-0.3, -0.25) is 14.5 Å². The first-order valence-corrected chi connectivity index (χ1v) is 9.27. The van der Waals surface area contributed by atoms with E-state index in [2.05, 4.69) is 5.32 Å². The molecule has 0 radical (unpaired) electrons. The zero-order valence-electron chi connectivity index (χ0n) is 15.3. The zero-order chi connectivity index (χ0) is 19.0. The second-order valence-electron chi connectivity index (χ2n) is 7.46. The fraction of sp³-hybridized carbons (Fsp3) is 0.526. The number of carbonyl (C=O) groups is 3. The Bertz CT molecular complexity index is 790. The van der Waals surface area contributed by atoms with Crippen molar-refractivity contribution in [3.63, 3.8) is 0 Å². The van der Waals surface area contributed by atoms with Gasteiger partial charge in [0.15, 0.2) is 11.5 Å². The van der Waals surface area contributed by atoms with E-state index < -0.39 is 11.6 Å². The Morgan fingerprint density at radius 3 is 2.67 bits per heavy atom. The smallest absolute Gasteiger partial charge is 0.325 e. The molecule has 144 valence electrons. The van der Waals surface area contributed by atoms with Crippen LogP contribution in [0.15, 0.2) is 18.2 Å². The number of ether oxygens (including phenoxy) is 2. The first-order chi connectivity index (χ1) is 13.0. The summed E-state index contributed by atoms with van der Waals surface area (Å²) in [6.07, 6.45) is 3.35. The van der Waals surface area contributed by atoms with Crippen molar-refractivity contribution in [3.05, 3.63) is 23.8 Å². The summed E-state index contributed by atoms with van der Waals surface area (Å²) in [5.41, 5.74) is -0.243. The van der Waals surface area contributed by atoms with Gasteiger partial charge >= 0.3 is 6.03 Å². The zero-order valence-corrected chi connectivity index (χ0v) is 15.3. The average Bonchev–Trinajstić information content (AvgIpc) is 3.20. The standard InChI is InChI=1S/C19H23N3O5/c1-19(10-13-5-6-14-15(9-13)27-12-26-14)17(24)22(18(25)20-19)11-16(23)21-7-3-2-4-8-21/h5-6,9H,2-4,7-8,10-12H2,1H3,(H,20,25)/t19-/m0/s1. The molecule has 2 saturated heterocycles. The summed E-state index contributed by atoms with van der Waals surface area (Å²) in [7, 11) is 0. The lowest BCUT2D eigenvalue weighted by atomic mass is 9.92. The van der Waals surface area contributed by atoms with E-state index >= 15 is 0 Å². The molecule has 3 aliphatic rings. The predicted molar refractivity (Wildman–Crippen MR) is 95.3 cm³/mol. The van der Waals surface area contributed by atoms with Crippen molar-refractivity contribution in [3.8, 4) is 11.5 Å². The molecule has 3 heterocycles. The molecule has 1 N–H and O–H groups in total. The summed E-state index contributed by atoms with van der Waals surface area (Å²) in [5.74, 6) is 0.741. The number of rotatable bonds is 4. The summed E-state index contributed by atoms with van der Waals surface area (Å²) in [5, 5.41) is 2.75. The monoisotopic (exact) mass is 373 g/mol. The van der Waals surface area contributed by atoms with Crippen LogP contribution in [0.4, 0.5) is 4.79 Å². The number of hydrogen-bond donors (Lipinski definition) is 1. The maximum absolute atomic E-state index is 12.9. The van der Waals surface area contributed by atoms with E-state index in [4.69, 9.17) is 9.47 Å². The molecule has 0 bridgehead atoms. The van der Waals surface area contributed by atoms with E-state index in [1.54, 1.807) is 17.9 Å². The molecule has 3 aliphatic heterocycles. The first kappa shape index (κ1) is 17.6. The number of urea groups is 1. The minimum atomic E-state index is -1.09. The fourth-order valence-electron chi connectivity index (χ4n) is 3.85. The van der Waals surface area contributed by atoms with Gasteiger partial charge in [0, 0.05) is 19.5 Å². The summed E-state index contributed by atoms with van der Waals surface area (Å²) in [6, 6.07) is 4.93. The van der Waals surface area contributed by atoms with Gasteiger partial charge in [0.1, 0.15) is 12.1 Å². The largest absolute Gasteiger partial charge is 0.454 e. The molecule has 2 fully saturated rings. The van der Waals surface area contributed by atoms with E-state index in [0.29, 0.717) is 31.0 Å². The molecule has 8 nitrogen and oxygen atoms in total. The third-order valence-electron chi connectivity index (χ3n) is 5.34. The number of amides is 4. The Balaban J connectivity index is 1.45. The van der Waals surface area contributed by atoms with Crippen LogP contribution in [0.3, 0.4) is 0 Å². The Labute approximate surface area is 157 Å². The maximum atomic E-state index is 12.9. The molecule has 0 aliphatic carbocycles. The quantitative estimate of drug-likeness (QED) is 0.804. The topological polar surface area (TPSA) is 88.2 Å². The van der Waals surface area contributed by atoms with Gasteiger partial charge < -0.3 is 19.7 Å². The summed E-state index contributed by atoms with van der Waals surface area (Å²) in [4.78, 5) is 40.5. The van der Waals surface area contributed by atoms with Crippen molar-refractivity contribution in [2.75, 3.05) is 26.4 Å². The number of benzene rings is 1. The van der Waals surface area contributed by atoms with Gasteiger partial charge in [0.25, 0.3) is 5.91 Å². The van der Waals surface area contributed by atoms with Gasteiger partial charge in [-0.2, -0.15) is 0 Å². The van der Waals surface area contributed by atoms with Gasteiger partial charge in [-0.05, 0) is 43.9 Å². The van der Waals surface area contributed by atoms with Crippen LogP contribution in [0.2, 0.25) is 0 Å². The molecule has 0 spiro atoms. The van der Waals surface area contributed by atoms with Gasteiger partial charge in [-0.15, -0.1) is 0 Å². The molecule has 0 saturated carbocycles. The van der Waals surface area contributed by atoms with Crippen molar-refractivity contribution >= 4 is 17.8 Å². The number of fused-ring (bicyclic) bond motifs is 1. The summed E-state index contributed by atoms with van der Waals surface area (Å²) in [6.45, 7) is 3.04. The van der Waals surface area contributed by atoms with Crippen molar-refractivity contribution in [2.24, 2.45) is 0 Å². The Morgan fingerprint density at radius 2 is 1.89 bits per heavy atom. The third kappa shape index (κ3) is 3.31.